The van der Waals surface area contributed by atoms with Crippen LogP contribution in [0.5, 0.6) is 5.75 Å². The predicted molar refractivity (Wildman–Crippen MR) is 117 cm³/mol. The molecule has 1 aliphatic rings. The molecule has 0 aromatic heterocycles. The number of halogens is 1. The first-order chi connectivity index (χ1) is 14.3. The number of amides is 1. The van der Waals surface area contributed by atoms with Gasteiger partial charge in [-0.05, 0) is 49.9 Å². The van der Waals surface area contributed by atoms with Gasteiger partial charge in [-0.3, -0.25) is 4.79 Å². The summed E-state index contributed by atoms with van der Waals surface area (Å²) in [5, 5.41) is 3.23. The van der Waals surface area contributed by atoms with Crippen molar-refractivity contribution in [3.8, 4) is 5.75 Å². The molecule has 1 amide bonds. The van der Waals surface area contributed by atoms with E-state index in [1.165, 1.54) is 10.4 Å². The molecule has 2 aromatic carbocycles. The van der Waals surface area contributed by atoms with E-state index in [0.717, 1.165) is 6.54 Å². The van der Waals surface area contributed by atoms with Gasteiger partial charge in [0.05, 0.1) is 4.90 Å². The Bertz CT molecular complexity index is 991. The number of likely N-dealkylation sites (N-methyl/N-ethyl adjacent to an activating group) is 1. The van der Waals surface area contributed by atoms with Gasteiger partial charge in [0.2, 0.25) is 10.0 Å². The van der Waals surface area contributed by atoms with Crippen molar-refractivity contribution in [3.05, 3.63) is 53.6 Å². The van der Waals surface area contributed by atoms with Crippen molar-refractivity contribution in [1.82, 2.24) is 9.21 Å². The van der Waals surface area contributed by atoms with E-state index in [1.807, 2.05) is 0 Å². The number of anilines is 1. The van der Waals surface area contributed by atoms with Gasteiger partial charge in [-0.2, -0.15) is 4.31 Å². The number of ether oxygens (including phenoxy) is 1. The van der Waals surface area contributed by atoms with Crippen LogP contribution in [-0.2, 0) is 14.8 Å². The summed E-state index contributed by atoms with van der Waals surface area (Å²) >= 11 is 5.93. The number of piperazine rings is 1. The summed E-state index contributed by atoms with van der Waals surface area (Å²) in [5.74, 6) is 0.0915. The van der Waals surface area contributed by atoms with E-state index >= 15 is 0 Å². The molecule has 9 heteroatoms. The van der Waals surface area contributed by atoms with Crippen LogP contribution in [0.2, 0.25) is 5.02 Å². The second-order valence-electron chi connectivity index (χ2n) is 7.07. The average Bonchev–Trinajstić information content (AvgIpc) is 2.74. The average molecular weight is 452 g/mol. The van der Waals surface area contributed by atoms with Crippen molar-refractivity contribution >= 4 is 33.2 Å². The Morgan fingerprint density at radius 2 is 1.83 bits per heavy atom. The number of hydrogen-bond donors (Lipinski definition) is 1. The fourth-order valence-corrected chi connectivity index (χ4v) is 4.86. The first-order valence-corrected chi connectivity index (χ1v) is 11.7. The van der Waals surface area contributed by atoms with Gasteiger partial charge in [0.25, 0.3) is 5.91 Å². The highest BCUT2D eigenvalue weighted by atomic mass is 35.5. The highest BCUT2D eigenvalue weighted by Gasteiger charge is 2.28. The van der Waals surface area contributed by atoms with Crippen LogP contribution in [0.3, 0.4) is 0 Å². The summed E-state index contributed by atoms with van der Waals surface area (Å²) in [6.45, 7) is 6.92. The zero-order chi connectivity index (χ0) is 21.7. The van der Waals surface area contributed by atoms with Crippen LogP contribution < -0.4 is 10.1 Å². The smallest absolute Gasteiger partial charge is 0.265 e. The molecule has 0 radical (unpaired) electrons. The lowest BCUT2D eigenvalue weighted by molar-refractivity contribution is -0.122. The summed E-state index contributed by atoms with van der Waals surface area (Å²) in [5.41, 5.74) is 0.398. The molecule has 1 unspecified atom stereocenters. The van der Waals surface area contributed by atoms with E-state index in [-0.39, 0.29) is 10.8 Å². The van der Waals surface area contributed by atoms with Gasteiger partial charge in [-0.15, -0.1) is 0 Å². The van der Waals surface area contributed by atoms with Gasteiger partial charge in [0.15, 0.2) is 6.10 Å². The maximum atomic E-state index is 13.0. The zero-order valence-corrected chi connectivity index (χ0v) is 18.6. The first kappa shape index (κ1) is 22.6. The summed E-state index contributed by atoms with van der Waals surface area (Å²) in [7, 11) is -3.62. The quantitative estimate of drug-likeness (QED) is 0.699. The topological polar surface area (TPSA) is 79.0 Å². The van der Waals surface area contributed by atoms with Crippen molar-refractivity contribution < 1.29 is 17.9 Å². The Morgan fingerprint density at radius 1 is 1.13 bits per heavy atom. The van der Waals surface area contributed by atoms with E-state index in [1.54, 1.807) is 49.4 Å². The van der Waals surface area contributed by atoms with Gasteiger partial charge in [0, 0.05) is 36.9 Å². The third-order valence-electron chi connectivity index (χ3n) is 5.00. The molecule has 30 heavy (non-hydrogen) atoms. The molecule has 3 rings (SSSR count). The molecule has 1 heterocycles. The number of nitrogens with one attached hydrogen (secondary N) is 1. The minimum Gasteiger partial charge on any atom is -0.481 e. The Kier molecular flexibility index (Phi) is 7.36. The van der Waals surface area contributed by atoms with Crippen LogP contribution in [0.1, 0.15) is 13.8 Å². The largest absolute Gasteiger partial charge is 0.481 e. The summed E-state index contributed by atoms with van der Waals surface area (Å²) in [6.07, 6.45) is -0.786. The van der Waals surface area contributed by atoms with Crippen LogP contribution in [-0.4, -0.2) is 62.4 Å². The molecule has 1 aliphatic heterocycles. The molecule has 0 aliphatic carbocycles. The predicted octanol–water partition coefficient (Wildman–Crippen LogP) is 3.07. The second kappa shape index (κ2) is 9.78. The maximum Gasteiger partial charge on any atom is 0.265 e. The molecular weight excluding hydrogens is 426 g/mol. The number of carbonyl (C=O) groups excluding carboxylic acids is 1. The number of hydrogen-bond acceptors (Lipinski definition) is 5. The van der Waals surface area contributed by atoms with Crippen LogP contribution in [0.15, 0.2) is 53.4 Å². The number of nitrogens with zero attached hydrogens (tertiary/aromatic N) is 2. The van der Waals surface area contributed by atoms with Crippen LogP contribution in [0.4, 0.5) is 5.69 Å². The van der Waals surface area contributed by atoms with E-state index in [4.69, 9.17) is 16.3 Å². The van der Waals surface area contributed by atoms with E-state index < -0.39 is 16.1 Å². The Morgan fingerprint density at radius 3 is 2.50 bits per heavy atom. The Balaban J connectivity index is 1.66. The van der Waals surface area contributed by atoms with Crippen LogP contribution in [0, 0.1) is 0 Å². The Labute approximate surface area is 182 Å². The molecule has 1 saturated heterocycles. The lowest BCUT2D eigenvalue weighted by atomic mass is 10.3. The highest BCUT2D eigenvalue weighted by Crippen LogP contribution is 2.22. The van der Waals surface area contributed by atoms with Crippen molar-refractivity contribution in [3.63, 3.8) is 0 Å². The summed E-state index contributed by atoms with van der Waals surface area (Å²) < 4.78 is 33.1. The van der Waals surface area contributed by atoms with Gasteiger partial charge in [-0.1, -0.05) is 30.7 Å². The van der Waals surface area contributed by atoms with Crippen molar-refractivity contribution in [2.75, 3.05) is 38.0 Å². The molecule has 0 spiro atoms. The van der Waals surface area contributed by atoms with E-state index in [0.29, 0.717) is 42.6 Å². The summed E-state index contributed by atoms with van der Waals surface area (Å²) in [6, 6.07) is 13.1. The Hall–Kier alpha value is -2.13. The van der Waals surface area contributed by atoms with Crippen LogP contribution in [0.25, 0.3) is 0 Å². The van der Waals surface area contributed by atoms with Gasteiger partial charge < -0.3 is 15.0 Å². The van der Waals surface area contributed by atoms with E-state index in [2.05, 4.69) is 17.1 Å². The molecule has 0 bridgehead atoms. The number of sulfonamides is 1. The lowest BCUT2D eigenvalue weighted by Crippen LogP contribution is -2.48. The zero-order valence-electron chi connectivity index (χ0n) is 17.0. The molecular formula is C21H26ClN3O4S. The molecule has 1 fully saturated rings. The molecule has 7 nitrogen and oxygen atoms in total. The lowest BCUT2D eigenvalue weighted by Gasteiger charge is -2.33. The SMILES string of the molecule is CCN1CCN(S(=O)(=O)c2cccc(NC(=O)C(C)Oc3cccc(Cl)c3)c2)CC1. The fraction of sp³-hybridized carbons (Fsp3) is 0.381. The van der Waals surface area contributed by atoms with Gasteiger partial charge >= 0.3 is 0 Å². The van der Waals surface area contributed by atoms with Crippen molar-refractivity contribution in [2.24, 2.45) is 0 Å². The third kappa shape index (κ3) is 5.51. The minimum atomic E-state index is -3.62. The van der Waals surface area contributed by atoms with Gasteiger partial charge in [-0.25, -0.2) is 8.42 Å². The minimum absolute atomic E-state index is 0.161. The van der Waals surface area contributed by atoms with E-state index in [9.17, 15) is 13.2 Å². The summed E-state index contributed by atoms with van der Waals surface area (Å²) in [4.78, 5) is 14.9. The van der Waals surface area contributed by atoms with Crippen molar-refractivity contribution in [2.45, 2.75) is 24.8 Å². The molecule has 1 atom stereocenters. The van der Waals surface area contributed by atoms with Crippen molar-refractivity contribution in [1.29, 1.82) is 0 Å². The molecule has 1 N–H and O–H groups in total. The molecule has 162 valence electrons. The van der Waals surface area contributed by atoms with Crippen LogP contribution >= 0.6 is 11.6 Å². The monoisotopic (exact) mass is 451 g/mol. The third-order valence-corrected chi connectivity index (χ3v) is 7.13. The number of carbonyl (C=O) groups is 1. The highest BCUT2D eigenvalue weighted by molar-refractivity contribution is 7.89. The molecule has 2 aromatic rings. The number of benzene rings is 2. The second-order valence-corrected chi connectivity index (χ2v) is 9.45. The molecule has 0 saturated carbocycles. The first-order valence-electron chi connectivity index (χ1n) is 9.85. The standard InChI is InChI=1S/C21H26ClN3O4S/c1-3-24-10-12-25(13-11-24)30(27,28)20-9-5-7-18(15-20)23-21(26)16(2)29-19-8-4-6-17(22)14-19/h4-9,14-16H,3,10-13H2,1-2H3,(H,23,26). The van der Waals surface area contributed by atoms with Gasteiger partial charge in [0.1, 0.15) is 5.75 Å². The number of rotatable bonds is 7. The maximum absolute atomic E-state index is 13.0. The fourth-order valence-electron chi connectivity index (χ4n) is 3.21. The normalized spacial score (nSPS) is 16.8.